The van der Waals surface area contributed by atoms with Gasteiger partial charge >= 0.3 is 0 Å². The molecule has 0 bridgehead atoms. The van der Waals surface area contributed by atoms with Crippen molar-refractivity contribution in [2.24, 2.45) is 40.9 Å². The number of carbonyl (C=O) groups excluding carboxylic acids is 1. The van der Waals surface area contributed by atoms with Crippen LogP contribution in [-0.4, -0.2) is 26.5 Å². The zero-order valence-electron chi connectivity index (χ0n) is 17.5. The number of aromatic nitrogens is 2. The highest BCUT2D eigenvalue weighted by Crippen LogP contribution is 2.64. The van der Waals surface area contributed by atoms with Gasteiger partial charge in [-0.3, -0.25) is 4.79 Å². The van der Waals surface area contributed by atoms with Crippen molar-refractivity contribution in [1.29, 1.82) is 0 Å². The van der Waals surface area contributed by atoms with Gasteiger partial charge in [0.15, 0.2) is 0 Å². The summed E-state index contributed by atoms with van der Waals surface area (Å²) in [6, 6.07) is 0. The van der Waals surface area contributed by atoms with Crippen LogP contribution in [0.15, 0.2) is 12.4 Å². The second-order valence-electron chi connectivity index (χ2n) is 11.0. The van der Waals surface area contributed by atoms with Crippen LogP contribution in [0.1, 0.15) is 77.5 Å². The topological polar surface area (TPSA) is 66.0 Å². The number of rotatable bonds is 3. The fourth-order valence-corrected chi connectivity index (χ4v) is 8.29. The molecule has 0 amide bonds. The average molecular weight is 385 g/mol. The standard InChI is InChI=1S/C24H36N2O2/c1-23(28)9-7-16-15(14-23)3-4-18-17(16)8-10-24(2)19(18)5-6-20(24)21(27)13-22-25-11-12-26-22/h11-12,15-20,28H,3-10,13-14H2,1-2H3,(H,25,26)/t15-,16-,17+,18+,19-,20+,23+,24-/m0/s1. The lowest BCUT2D eigenvalue weighted by molar-refractivity contribution is -0.131. The summed E-state index contributed by atoms with van der Waals surface area (Å²) in [7, 11) is 0. The van der Waals surface area contributed by atoms with Crippen molar-refractivity contribution in [2.45, 2.75) is 83.7 Å². The fraction of sp³-hybridized carbons (Fsp3) is 0.833. The summed E-state index contributed by atoms with van der Waals surface area (Å²) < 4.78 is 0. The van der Waals surface area contributed by atoms with Gasteiger partial charge < -0.3 is 10.1 Å². The quantitative estimate of drug-likeness (QED) is 0.804. The van der Waals surface area contributed by atoms with E-state index in [9.17, 15) is 9.90 Å². The molecule has 0 aromatic carbocycles. The maximum atomic E-state index is 13.1. The highest BCUT2D eigenvalue weighted by atomic mass is 16.3. The van der Waals surface area contributed by atoms with Crippen molar-refractivity contribution >= 4 is 5.78 Å². The Balaban J connectivity index is 1.32. The molecule has 4 nitrogen and oxygen atoms in total. The molecule has 0 spiro atoms. The van der Waals surface area contributed by atoms with E-state index in [0.29, 0.717) is 12.2 Å². The summed E-state index contributed by atoms with van der Waals surface area (Å²) in [4.78, 5) is 20.5. The summed E-state index contributed by atoms with van der Waals surface area (Å²) in [5.74, 6) is 5.36. The molecule has 4 saturated carbocycles. The summed E-state index contributed by atoms with van der Waals surface area (Å²) in [6.07, 6.45) is 14.7. The molecule has 154 valence electrons. The second-order valence-corrected chi connectivity index (χ2v) is 11.0. The molecule has 0 unspecified atom stereocenters. The molecule has 1 aromatic rings. The SMILES string of the molecule is C[C@@]1(O)CC[C@H]2[C@@H](CC[C@@H]3[C@@H]2CC[C@]2(C)[C@@H](C(=O)Cc4ncc[nH]4)CC[C@@H]32)C1. The monoisotopic (exact) mass is 384 g/mol. The van der Waals surface area contributed by atoms with Crippen molar-refractivity contribution in [2.75, 3.05) is 0 Å². The number of fused-ring (bicyclic) bond motifs is 5. The predicted molar refractivity (Wildman–Crippen MR) is 109 cm³/mol. The first-order valence-electron chi connectivity index (χ1n) is 11.6. The van der Waals surface area contributed by atoms with E-state index in [-0.39, 0.29) is 11.3 Å². The van der Waals surface area contributed by atoms with E-state index in [1.807, 2.05) is 13.1 Å². The minimum absolute atomic E-state index is 0.192. The summed E-state index contributed by atoms with van der Waals surface area (Å²) in [5.41, 5.74) is -0.244. The maximum Gasteiger partial charge on any atom is 0.144 e. The molecular formula is C24H36N2O2. The third-order valence-electron chi connectivity index (χ3n) is 9.52. The van der Waals surface area contributed by atoms with Gasteiger partial charge in [0.2, 0.25) is 0 Å². The van der Waals surface area contributed by atoms with E-state index in [1.165, 1.54) is 38.5 Å². The Hall–Kier alpha value is -1.16. The molecule has 5 rings (SSSR count). The first kappa shape index (κ1) is 18.8. The number of ketones is 1. The van der Waals surface area contributed by atoms with Gasteiger partial charge in [-0.2, -0.15) is 0 Å². The van der Waals surface area contributed by atoms with Gasteiger partial charge in [-0.05, 0) is 99.7 Å². The molecule has 1 aromatic heterocycles. The van der Waals surface area contributed by atoms with Crippen LogP contribution >= 0.6 is 0 Å². The van der Waals surface area contributed by atoms with Crippen LogP contribution in [-0.2, 0) is 11.2 Å². The largest absolute Gasteiger partial charge is 0.390 e. The molecular weight excluding hydrogens is 348 g/mol. The van der Waals surface area contributed by atoms with Crippen LogP contribution in [0.5, 0.6) is 0 Å². The fourth-order valence-electron chi connectivity index (χ4n) is 8.29. The number of hydrogen-bond donors (Lipinski definition) is 2. The van der Waals surface area contributed by atoms with Crippen molar-refractivity contribution in [3.8, 4) is 0 Å². The summed E-state index contributed by atoms with van der Waals surface area (Å²) >= 11 is 0. The Morgan fingerprint density at radius 3 is 2.71 bits per heavy atom. The van der Waals surface area contributed by atoms with Crippen LogP contribution in [0.4, 0.5) is 0 Å². The van der Waals surface area contributed by atoms with Gasteiger partial charge in [0.05, 0.1) is 12.0 Å². The van der Waals surface area contributed by atoms with Crippen molar-refractivity contribution in [1.82, 2.24) is 9.97 Å². The molecule has 4 aliphatic carbocycles. The number of carbonyl (C=O) groups is 1. The molecule has 2 N–H and O–H groups in total. The highest BCUT2D eigenvalue weighted by molar-refractivity contribution is 5.83. The first-order valence-corrected chi connectivity index (χ1v) is 11.6. The number of aromatic amines is 1. The third kappa shape index (κ3) is 2.98. The lowest BCUT2D eigenvalue weighted by atomic mass is 9.49. The lowest BCUT2D eigenvalue weighted by Crippen LogP contribution is -2.51. The first-order chi connectivity index (χ1) is 13.4. The van der Waals surface area contributed by atoms with Crippen molar-refractivity contribution in [3.05, 3.63) is 18.2 Å². The summed E-state index contributed by atoms with van der Waals surface area (Å²) in [5, 5.41) is 10.6. The van der Waals surface area contributed by atoms with Gasteiger partial charge in [-0.1, -0.05) is 6.92 Å². The van der Waals surface area contributed by atoms with E-state index in [0.717, 1.165) is 54.7 Å². The van der Waals surface area contributed by atoms with Crippen LogP contribution in [0.2, 0.25) is 0 Å². The maximum absolute atomic E-state index is 13.1. The number of hydrogen-bond acceptors (Lipinski definition) is 3. The molecule has 0 saturated heterocycles. The van der Waals surface area contributed by atoms with Crippen LogP contribution in [0.3, 0.4) is 0 Å². The lowest BCUT2D eigenvalue weighted by Gasteiger charge is -2.56. The van der Waals surface area contributed by atoms with E-state index < -0.39 is 5.60 Å². The average Bonchev–Trinajstić information content (AvgIpc) is 3.27. The molecule has 8 atom stereocenters. The zero-order valence-corrected chi connectivity index (χ0v) is 17.5. The van der Waals surface area contributed by atoms with Gasteiger partial charge in [-0.15, -0.1) is 0 Å². The number of H-pyrrole nitrogens is 1. The second kappa shape index (κ2) is 6.68. The van der Waals surface area contributed by atoms with Gasteiger partial charge in [0.25, 0.3) is 0 Å². The zero-order chi connectivity index (χ0) is 19.5. The van der Waals surface area contributed by atoms with Gasteiger partial charge in [0, 0.05) is 18.3 Å². The Kier molecular flexibility index (Phi) is 4.50. The summed E-state index contributed by atoms with van der Waals surface area (Å²) in [6.45, 7) is 4.47. The predicted octanol–water partition coefficient (Wildman–Crippen LogP) is 4.54. The Bertz CT molecular complexity index is 727. The minimum Gasteiger partial charge on any atom is -0.390 e. The number of imidazole rings is 1. The van der Waals surface area contributed by atoms with Crippen LogP contribution in [0, 0.1) is 40.9 Å². The smallest absolute Gasteiger partial charge is 0.144 e. The van der Waals surface area contributed by atoms with E-state index in [4.69, 9.17) is 0 Å². The Morgan fingerprint density at radius 2 is 1.93 bits per heavy atom. The van der Waals surface area contributed by atoms with Crippen molar-refractivity contribution in [3.63, 3.8) is 0 Å². The molecule has 0 radical (unpaired) electrons. The Labute approximate surface area is 168 Å². The molecule has 4 fully saturated rings. The number of aliphatic hydroxyl groups is 1. The molecule has 4 aliphatic rings. The van der Waals surface area contributed by atoms with E-state index in [2.05, 4.69) is 16.9 Å². The van der Waals surface area contributed by atoms with Crippen LogP contribution < -0.4 is 0 Å². The van der Waals surface area contributed by atoms with Crippen molar-refractivity contribution < 1.29 is 9.90 Å². The minimum atomic E-state index is -0.437. The number of nitrogens with one attached hydrogen (secondary N) is 1. The molecule has 4 heteroatoms. The molecule has 1 heterocycles. The number of Topliss-reactive ketones (excluding diaryl/α,β-unsaturated/α-hetero) is 1. The van der Waals surface area contributed by atoms with E-state index >= 15 is 0 Å². The van der Waals surface area contributed by atoms with Gasteiger partial charge in [0.1, 0.15) is 11.6 Å². The highest BCUT2D eigenvalue weighted by Gasteiger charge is 2.58. The number of nitrogens with zero attached hydrogens (tertiary/aromatic N) is 1. The Morgan fingerprint density at radius 1 is 1.11 bits per heavy atom. The third-order valence-corrected chi connectivity index (χ3v) is 9.52. The normalized spacial score (nSPS) is 47.8. The van der Waals surface area contributed by atoms with Gasteiger partial charge in [-0.25, -0.2) is 4.98 Å². The molecule has 28 heavy (non-hydrogen) atoms. The molecule has 0 aliphatic heterocycles. The van der Waals surface area contributed by atoms with Crippen LogP contribution in [0.25, 0.3) is 0 Å². The van der Waals surface area contributed by atoms with E-state index in [1.54, 1.807) is 6.20 Å².